The van der Waals surface area contributed by atoms with Gasteiger partial charge in [0.2, 0.25) is 5.91 Å². The monoisotopic (exact) mass is 442 g/mol. The summed E-state index contributed by atoms with van der Waals surface area (Å²) < 4.78 is 1.89. The first-order valence-corrected chi connectivity index (χ1v) is 11.3. The zero-order valence-electron chi connectivity index (χ0n) is 17.9. The van der Waals surface area contributed by atoms with Crippen molar-refractivity contribution in [1.82, 2.24) is 29.9 Å². The van der Waals surface area contributed by atoms with Crippen molar-refractivity contribution >= 4 is 33.8 Å². The number of fused-ring (bicyclic) bond motifs is 3. The van der Waals surface area contributed by atoms with Gasteiger partial charge in [-0.2, -0.15) is 5.10 Å². The van der Waals surface area contributed by atoms with E-state index in [-0.39, 0.29) is 5.91 Å². The number of nitrogens with one attached hydrogen (secondary N) is 1. The molecule has 0 fully saturated rings. The van der Waals surface area contributed by atoms with Gasteiger partial charge in [-0.25, -0.2) is 14.5 Å². The van der Waals surface area contributed by atoms with E-state index in [2.05, 4.69) is 20.4 Å². The molecule has 0 bridgehead atoms. The van der Waals surface area contributed by atoms with Gasteiger partial charge in [0.15, 0.2) is 5.65 Å². The van der Waals surface area contributed by atoms with Gasteiger partial charge in [-0.1, -0.05) is 12.1 Å². The third-order valence-electron chi connectivity index (χ3n) is 5.58. The molecule has 1 amide bonds. The Morgan fingerprint density at radius 3 is 2.75 bits per heavy atom. The molecule has 0 aliphatic carbocycles. The van der Waals surface area contributed by atoms with Crippen LogP contribution in [0.2, 0.25) is 0 Å². The van der Waals surface area contributed by atoms with Crippen LogP contribution in [0.5, 0.6) is 0 Å². The lowest BCUT2D eigenvalue weighted by Gasteiger charge is -2.11. The molecule has 32 heavy (non-hydrogen) atoms. The van der Waals surface area contributed by atoms with Crippen LogP contribution in [-0.4, -0.2) is 30.5 Å². The summed E-state index contributed by atoms with van der Waals surface area (Å²) in [6, 6.07) is 11.9. The fourth-order valence-electron chi connectivity index (χ4n) is 3.89. The standard InChI is InChI=1S/C24H22N6OS/c1-15-18(16(2)30-24(27-15)19-5-3-4-6-20(19)29-30)7-8-22(31)26-13-23-28-21(14-32-23)17-9-11-25-12-10-17/h3-6,9-12,14H,7-8,13H2,1-2H3,(H,26,31). The van der Waals surface area contributed by atoms with Crippen LogP contribution < -0.4 is 5.32 Å². The highest BCUT2D eigenvalue weighted by molar-refractivity contribution is 7.09. The van der Waals surface area contributed by atoms with Crippen molar-refractivity contribution in [1.29, 1.82) is 0 Å². The Morgan fingerprint density at radius 2 is 1.91 bits per heavy atom. The van der Waals surface area contributed by atoms with Crippen molar-refractivity contribution < 1.29 is 4.79 Å². The topological polar surface area (TPSA) is 85.1 Å². The molecule has 0 spiro atoms. The molecule has 1 aromatic carbocycles. The van der Waals surface area contributed by atoms with Crippen molar-refractivity contribution in [3.05, 3.63) is 76.1 Å². The quantitative estimate of drug-likeness (QED) is 0.425. The normalized spacial score (nSPS) is 11.3. The largest absolute Gasteiger partial charge is 0.350 e. The minimum Gasteiger partial charge on any atom is -0.350 e. The average molecular weight is 443 g/mol. The predicted octanol–water partition coefficient (Wildman–Crippen LogP) is 4.27. The fourth-order valence-corrected chi connectivity index (χ4v) is 4.63. The Bertz CT molecular complexity index is 1420. The Morgan fingerprint density at radius 1 is 1.09 bits per heavy atom. The van der Waals surface area contributed by atoms with Crippen molar-refractivity contribution in [3.8, 4) is 11.3 Å². The van der Waals surface area contributed by atoms with E-state index in [1.54, 1.807) is 23.7 Å². The number of rotatable bonds is 6. The molecule has 0 unspecified atom stereocenters. The average Bonchev–Trinajstić information content (AvgIpc) is 3.43. The number of hydrogen-bond donors (Lipinski definition) is 1. The molecule has 5 aromatic rings. The third kappa shape index (κ3) is 3.85. The lowest BCUT2D eigenvalue weighted by atomic mass is 10.1. The van der Waals surface area contributed by atoms with Gasteiger partial charge >= 0.3 is 0 Å². The molecular formula is C24H22N6OS. The number of aryl methyl sites for hydroxylation is 2. The summed E-state index contributed by atoms with van der Waals surface area (Å²) in [5, 5.41) is 11.6. The van der Waals surface area contributed by atoms with Crippen LogP contribution in [0, 0.1) is 13.8 Å². The van der Waals surface area contributed by atoms with Gasteiger partial charge in [0, 0.05) is 46.5 Å². The van der Waals surface area contributed by atoms with Gasteiger partial charge in [0.1, 0.15) is 5.01 Å². The molecular weight excluding hydrogens is 420 g/mol. The molecule has 0 aliphatic rings. The summed E-state index contributed by atoms with van der Waals surface area (Å²) in [5.74, 6) is -0.00446. The predicted molar refractivity (Wildman–Crippen MR) is 125 cm³/mol. The van der Waals surface area contributed by atoms with E-state index in [4.69, 9.17) is 4.98 Å². The molecule has 8 heteroatoms. The highest BCUT2D eigenvalue weighted by atomic mass is 32.1. The summed E-state index contributed by atoms with van der Waals surface area (Å²) in [6.07, 6.45) is 4.50. The van der Waals surface area contributed by atoms with Crippen LogP contribution in [0.1, 0.15) is 28.4 Å². The molecule has 4 aromatic heterocycles. The number of aromatic nitrogens is 5. The number of carbonyl (C=O) groups is 1. The van der Waals surface area contributed by atoms with Gasteiger partial charge in [-0.3, -0.25) is 9.78 Å². The summed E-state index contributed by atoms with van der Waals surface area (Å²) in [7, 11) is 0. The van der Waals surface area contributed by atoms with E-state index in [1.807, 2.05) is 60.1 Å². The first-order valence-electron chi connectivity index (χ1n) is 10.4. The van der Waals surface area contributed by atoms with Crippen molar-refractivity contribution in [3.63, 3.8) is 0 Å². The Hall–Kier alpha value is -3.65. The second-order valence-electron chi connectivity index (χ2n) is 7.65. The number of nitrogens with zero attached hydrogens (tertiary/aromatic N) is 5. The summed E-state index contributed by atoms with van der Waals surface area (Å²) in [6.45, 7) is 4.46. The van der Waals surface area contributed by atoms with Crippen molar-refractivity contribution in [2.24, 2.45) is 0 Å². The van der Waals surface area contributed by atoms with Crippen LogP contribution >= 0.6 is 11.3 Å². The van der Waals surface area contributed by atoms with Crippen molar-refractivity contribution in [2.75, 3.05) is 0 Å². The minimum atomic E-state index is -0.00446. The number of pyridine rings is 1. The smallest absolute Gasteiger partial charge is 0.220 e. The maximum absolute atomic E-state index is 12.5. The van der Waals surface area contributed by atoms with Gasteiger partial charge in [0.25, 0.3) is 0 Å². The second kappa shape index (κ2) is 8.47. The van der Waals surface area contributed by atoms with E-state index in [0.29, 0.717) is 19.4 Å². The summed E-state index contributed by atoms with van der Waals surface area (Å²) >= 11 is 1.54. The van der Waals surface area contributed by atoms with Gasteiger partial charge in [-0.15, -0.1) is 11.3 Å². The maximum atomic E-state index is 12.5. The van der Waals surface area contributed by atoms with Gasteiger partial charge in [0.05, 0.1) is 17.8 Å². The number of thiazole rings is 1. The van der Waals surface area contributed by atoms with Gasteiger partial charge < -0.3 is 5.32 Å². The number of amides is 1. The first-order chi connectivity index (χ1) is 15.6. The summed E-state index contributed by atoms with van der Waals surface area (Å²) in [4.78, 5) is 25.9. The van der Waals surface area contributed by atoms with Crippen LogP contribution in [0.25, 0.3) is 27.8 Å². The first kappa shape index (κ1) is 20.3. The van der Waals surface area contributed by atoms with Crippen LogP contribution in [0.4, 0.5) is 0 Å². The lowest BCUT2D eigenvalue weighted by molar-refractivity contribution is -0.121. The zero-order chi connectivity index (χ0) is 22.1. The lowest BCUT2D eigenvalue weighted by Crippen LogP contribution is -2.23. The Kier molecular flexibility index (Phi) is 5.36. The second-order valence-corrected chi connectivity index (χ2v) is 8.60. The van der Waals surface area contributed by atoms with E-state index < -0.39 is 0 Å². The fraction of sp³-hybridized carbons (Fsp3) is 0.208. The SMILES string of the molecule is Cc1nc2c3ccccc3nn2c(C)c1CCC(=O)NCc1nc(-c2ccncc2)cs1. The van der Waals surface area contributed by atoms with E-state index in [0.717, 1.165) is 49.8 Å². The molecule has 0 atom stereocenters. The molecule has 4 heterocycles. The molecule has 0 radical (unpaired) electrons. The van der Waals surface area contributed by atoms with Gasteiger partial charge in [-0.05, 0) is 50.1 Å². The molecule has 1 N–H and O–H groups in total. The number of hydrogen-bond acceptors (Lipinski definition) is 6. The highest BCUT2D eigenvalue weighted by Crippen LogP contribution is 2.23. The molecule has 0 saturated carbocycles. The van der Waals surface area contributed by atoms with Crippen LogP contribution in [0.15, 0.2) is 54.2 Å². The van der Waals surface area contributed by atoms with E-state index in [1.165, 1.54) is 0 Å². The van der Waals surface area contributed by atoms with Crippen molar-refractivity contribution in [2.45, 2.75) is 33.2 Å². The molecule has 0 saturated heterocycles. The highest BCUT2D eigenvalue weighted by Gasteiger charge is 2.15. The minimum absolute atomic E-state index is 0.00446. The molecule has 7 nitrogen and oxygen atoms in total. The molecule has 0 aliphatic heterocycles. The van der Waals surface area contributed by atoms with Crippen LogP contribution in [-0.2, 0) is 17.8 Å². The molecule has 5 rings (SSSR count). The Balaban J connectivity index is 1.25. The zero-order valence-corrected chi connectivity index (χ0v) is 18.7. The Labute approximate surface area is 189 Å². The third-order valence-corrected chi connectivity index (χ3v) is 6.43. The van der Waals surface area contributed by atoms with E-state index in [9.17, 15) is 4.79 Å². The molecule has 160 valence electrons. The maximum Gasteiger partial charge on any atom is 0.220 e. The van der Waals surface area contributed by atoms with E-state index >= 15 is 0 Å². The number of benzene rings is 1. The van der Waals surface area contributed by atoms with Crippen LogP contribution in [0.3, 0.4) is 0 Å². The summed E-state index contributed by atoms with van der Waals surface area (Å²) in [5.41, 5.74) is 6.74. The number of carbonyl (C=O) groups excluding carboxylic acids is 1.